The summed E-state index contributed by atoms with van der Waals surface area (Å²) in [5, 5.41) is 10.3. The molecule has 11 heteroatoms. The van der Waals surface area contributed by atoms with Gasteiger partial charge in [0.2, 0.25) is 0 Å². The zero-order valence-electron chi connectivity index (χ0n) is 25.3. The molecule has 3 fully saturated rings. The zero-order chi connectivity index (χ0) is 31.6. The molecule has 4 aliphatic rings. The van der Waals surface area contributed by atoms with E-state index >= 15 is 0 Å². The molecule has 2 aliphatic heterocycles. The van der Waals surface area contributed by atoms with Crippen LogP contribution in [0.2, 0.25) is 0 Å². The predicted molar refractivity (Wildman–Crippen MR) is 146 cm³/mol. The third kappa shape index (κ3) is 4.47. The van der Waals surface area contributed by atoms with Crippen molar-refractivity contribution in [1.82, 2.24) is 0 Å². The lowest BCUT2D eigenvalue weighted by Crippen LogP contribution is -2.67. The van der Waals surface area contributed by atoms with Gasteiger partial charge in [-0.1, -0.05) is 32.6 Å². The van der Waals surface area contributed by atoms with Crippen LogP contribution in [0.5, 0.6) is 0 Å². The van der Waals surface area contributed by atoms with Gasteiger partial charge in [-0.3, -0.25) is 14.4 Å². The zero-order valence-corrected chi connectivity index (χ0v) is 25.3. The van der Waals surface area contributed by atoms with E-state index in [1.54, 1.807) is 53.7 Å². The Bertz CT molecular complexity index is 1290. The molecular formula is C31H40O11. The van der Waals surface area contributed by atoms with E-state index in [9.17, 15) is 29.1 Å². The van der Waals surface area contributed by atoms with Crippen LogP contribution in [0.25, 0.3) is 0 Å². The van der Waals surface area contributed by atoms with Gasteiger partial charge >= 0.3 is 29.8 Å². The summed E-state index contributed by atoms with van der Waals surface area (Å²) in [6.45, 7) is 15.7. The van der Waals surface area contributed by atoms with Crippen LogP contribution in [0.4, 0.5) is 0 Å². The fraction of sp³-hybridized carbons (Fsp3) is 0.645. The van der Waals surface area contributed by atoms with Crippen LogP contribution in [0.3, 0.4) is 0 Å². The Morgan fingerprint density at radius 3 is 2.33 bits per heavy atom. The van der Waals surface area contributed by atoms with E-state index in [0.717, 1.165) is 0 Å². The van der Waals surface area contributed by atoms with Crippen molar-refractivity contribution in [3.05, 3.63) is 36.0 Å². The highest BCUT2D eigenvalue weighted by molar-refractivity contribution is 5.88. The SMILES string of the molecule is C=C1[C@@H]([C@@]2(C)C=CC(=O)OC(C)(C)[C@@H]2CC(=O)OC)[C@@H](OC(C)=O)[C@H](OC(=O)/C(C)=C/C)[C@@]2(C)[C@H](C(=O)O)C[C@H]3O[C@]132. The Labute approximate surface area is 245 Å². The van der Waals surface area contributed by atoms with E-state index in [1.807, 2.05) is 0 Å². The highest BCUT2D eigenvalue weighted by Gasteiger charge is 2.85. The highest BCUT2D eigenvalue weighted by atomic mass is 16.6. The number of cyclic esters (lactones) is 1. The highest BCUT2D eigenvalue weighted by Crippen LogP contribution is 2.74. The molecule has 0 aromatic heterocycles. The number of carboxylic acids is 1. The van der Waals surface area contributed by atoms with Crippen LogP contribution in [0, 0.1) is 28.6 Å². The van der Waals surface area contributed by atoms with Crippen molar-refractivity contribution in [2.45, 2.75) is 90.8 Å². The molecule has 1 saturated heterocycles. The summed E-state index contributed by atoms with van der Waals surface area (Å²) >= 11 is 0. The van der Waals surface area contributed by atoms with Crippen LogP contribution in [0.15, 0.2) is 36.0 Å². The summed E-state index contributed by atoms with van der Waals surface area (Å²) < 4.78 is 29.1. The lowest BCUT2D eigenvalue weighted by Gasteiger charge is -2.58. The molecule has 2 saturated carbocycles. The first kappa shape index (κ1) is 31.5. The normalized spacial score (nSPS) is 40.1. The van der Waals surface area contributed by atoms with Gasteiger partial charge in [0.15, 0.2) is 0 Å². The van der Waals surface area contributed by atoms with Crippen LogP contribution < -0.4 is 0 Å². The van der Waals surface area contributed by atoms with E-state index in [0.29, 0.717) is 5.57 Å². The van der Waals surface area contributed by atoms with E-state index < -0.39 is 87.9 Å². The van der Waals surface area contributed by atoms with Gasteiger partial charge in [-0.15, -0.1) is 0 Å². The Morgan fingerprint density at radius 2 is 1.79 bits per heavy atom. The van der Waals surface area contributed by atoms with Crippen molar-refractivity contribution in [3.63, 3.8) is 0 Å². The third-order valence-electron chi connectivity index (χ3n) is 10.2. The lowest BCUT2D eigenvalue weighted by molar-refractivity contribution is -0.214. The number of carboxylic acid groups (broad SMARTS) is 1. The van der Waals surface area contributed by atoms with Gasteiger partial charge in [-0.25, -0.2) is 9.59 Å². The van der Waals surface area contributed by atoms with Gasteiger partial charge in [0, 0.05) is 35.8 Å². The fourth-order valence-corrected chi connectivity index (χ4v) is 8.02. The molecule has 2 heterocycles. The standard InChI is InChI=1S/C31H40O11/c1-10-15(2)27(37)40-25-24(39-17(4)32)23(16(3)31-20(41-31)13-18(26(35)36)30(25,31)8)29(7)12-11-21(33)42-28(5,6)19(29)14-22(34)38-9/h10-12,18-20,23-25H,3,13-14H2,1-2,4-9H3,(H,35,36)/b15-10+/t18-,19-,20+,23+,24+,25-,29-,30+,31+/m0/s1. The summed E-state index contributed by atoms with van der Waals surface area (Å²) in [6, 6.07) is 0. The first-order chi connectivity index (χ1) is 19.4. The van der Waals surface area contributed by atoms with Crippen LogP contribution in [-0.2, 0) is 47.7 Å². The van der Waals surface area contributed by atoms with Gasteiger partial charge in [0.05, 0.1) is 31.0 Å². The Morgan fingerprint density at radius 1 is 1.14 bits per heavy atom. The smallest absolute Gasteiger partial charge is 0.333 e. The maximum absolute atomic E-state index is 13.3. The predicted octanol–water partition coefficient (Wildman–Crippen LogP) is 3.31. The molecule has 4 rings (SSSR count). The summed E-state index contributed by atoms with van der Waals surface area (Å²) in [4.78, 5) is 64.2. The number of hydrogen-bond donors (Lipinski definition) is 1. The van der Waals surface area contributed by atoms with E-state index in [2.05, 4.69) is 6.58 Å². The van der Waals surface area contributed by atoms with Crippen molar-refractivity contribution in [1.29, 1.82) is 0 Å². The van der Waals surface area contributed by atoms with Gasteiger partial charge in [0.25, 0.3) is 0 Å². The Kier molecular flexibility index (Phi) is 7.76. The minimum atomic E-state index is -1.37. The molecular weight excluding hydrogens is 548 g/mol. The molecule has 0 bridgehead atoms. The molecule has 11 nitrogen and oxygen atoms in total. The number of rotatable bonds is 7. The van der Waals surface area contributed by atoms with Crippen LogP contribution >= 0.6 is 0 Å². The minimum Gasteiger partial charge on any atom is -0.481 e. The summed E-state index contributed by atoms with van der Waals surface area (Å²) in [5.74, 6) is -6.37. The Balaban J connectivity index is 2.01. The molecule has 1 N–H and O–H groups in total. The minimum absolute atomic E-state index is 0.131. The number of esters is 4. The molecule has 2 aliphatic carbocycles. The number of carbonyl (C=O) groups excluding carboxylic acids is 4. The van der Waals surface area contributed by atoms with Gasteiger partial charge < -0.3 is 28.8 Å². The quantitative estimate of drug-likeness (QED) is 0.153. The maximum atomic E-state index is 13.3. The summed E-state index contributed by atoms with van der Waals surface area (Å²) in [6.07, 6.45) is 1.29. The second-order valence-electron chi connectivity index (χ2n) is 12.7. The molecule has 0 aromatic rings. The number of carbonyl (C=O) groups is 5. The fourth-order valence-electron chi connectivity index (χ4n) is 8.02. The number of hydrogen-bond acceptors (Lipinski definition) is 10. The molecule has 0 unspecified atom stereocenters. The second-order valence-corrected chi connectivity index (χ2v) is 12.7. The summed E-state index contributed by atoms with van der Waals surface area (Å²) in [5.41, 5.74) is -4.31. The van der Waals surface area contributed by atoms with E-state index in [4.69, 9.17) is 23.7 Å². The maximum Gasteiger partial charge on any atom is 0.333 e. The number of allylic oxidation sites excluding steroid dienone is 2. The van der Waals surface area contributed by atoms with Gasteiger partial charge in [-0.2, -0.15) is 0 Å². The monoisotopic (exact) mass is 588 g/mol. The first-order valence-corrected chi connectivity index (χ1v) is 14.0. The van der Waals surface area contributed by atoms with Gasteiger partial charge in [-0.05, 0) is 39.7 Å². The molecule has 0 radical (unpaired) electrons. The van der Waals surface area contributed by atoms with Crippen molar-refractivity contribution < 1.29 is 52.8 Å². The average molecular weight is 589 g/mol. The van der Waals surface area contributed by atoms with Gasteiger partial charge in [0.1, 0.15) is 23.4 Å². The first-order valence-electron chi connectivity index (χ1n) is 14.0. The molecule has 1 spiro atoms. The summed E-state index contributed by atoms with van der Waals surface area (Å²) in [7, 11) is 1.25. The largest absolute Gasteiger partial charge is 0.481 e. The van der Waals surface area contributed by atoms with Crippen molar-refractivity contribution in [2.75, 3.05) is 7.11 Å². The van der Waals surface area contributed by atoms with E-state index in [1.165, 1.54) is 20.1 Å². The molecule has 0 amide bonds. The number of aliphatic carboxylic acids is 1. The third-order valence-corrected chi connectivity index (χ3v) is 10.2. The number of epoxide rings is 1. The Hall–Kier alpha value is -3.47. The number of ether oxygens (including phenoxy) is 5. The van der Waals surface area contributed by atoms with E-state index in [-0.39, 0.29) is 18.4 Å². The lowest BCUT2D eigenvalue weighted by atomic mass is 9.49. The van der Waals surface area contributed by atoms with Crippen molar-refractivity contribution >= 4 is 29.8 Å². The topological polar surface area (TPSA) is 155 Å². The van der Waals surface area contributed by atoms with Crippen molar-refractivity contribution in [3.8, 4) is 0 Å². The van der Waals surface area contributed by atoms with Crippen LogP contribution in [0.1, 0.15) is 61.3 Å². The number of methoxy groups -OCH3 is 1. The molecule has 230 valence electrons. The molecule has 42 heavy (non-hydrogen) atoms. The van der Waals surface area contributed by atoms with Crippen molar-refractivity contribution in [2.24, 2.45) is 28.6 Å². The molecule has 9 atom stereocenters. The van der Waals surface area contributed by atoms with Crippen LogP contribution in [-0.4, -0.2) is 71.6 Å². The second kappa shape index (κ2) is 10.4. The average Bonchev–Trinajstić information content (AvgIpc) is 3.59. The molecule has 0 aromatic carbocycles.